The second kappa shape index (κ2) is 13.4. The number of nitrogens with zero attached hydrogens (tertiary/aromatic N) is 3. The van der Waals surface area contributed by atoms with E-state index in [0.29, 0.717) is 22.8 Å². The van der Waals surface area contributed by atoms with Gasteiger partial charge in [0.15, 0.2) is 5.69 Å². The molecule has 0 aliphatic heterocycles. The number of para-hydroxylation sites is 2. The number of nitrogens with one attached hydrogen (secondary N) is 1. The molecule has 1 atom stereocenters. The highest BCUT2D eigenvalue weighted by Crippen LogP contribution is 2.38. The fourth-order valence-corrected chi connectivity index (χ4v) is 4.62. The molecule has 0 bridgehead atoms. The van der Waals surface area contributed by atoms with E-state index in [9.17, 15) is 19.2 Å². The van der Waals surface area contributed by atoms with Gasteiger partial charge in [0.2, 0.25) is 5.91 Å². The van der Waals surface area contributed by atoms with Crippen molar-refractivity contribution in [3.05, 3.63) is 64.7 Å². The van der Waals surface area contributed by atoms with Gasteiger partial charge in [-0.2, -0.15) is 4.37 Å². The average Bonchev–Trinajstić information content (AvgIpc) is 3.32. The van der Waals surface area contributed by atoms with Crippen molar-refractivity contribution in [3.8, 4) is 5.75 Å². The molecule has 3 rings (SSSR count). The number of benzene rings is 2. The Labute approximate surface area is 236 Å². The van der Waals surface area contributed by atoms with Crippen LogP contribution in [0.5, 0.6) is 5.75 Å². The number of anilines is 3. The van der Waals surface area contributed by atoms with E-state index < -0.39 is 36.3 Å². The van der Waals surface area contributed by atoms with Crippen LogP contribution in [0.4, 0.5) is 17.1 Å². The Hall–Kier alpha value is -4.65. The van der Waals surface area contributed by atoms with E-state index in [1.165, 1.54) is 4.90 Å². The number of nitrogen functional groups attached to an aromatic ring is 1. The first-order valence-electron chi connectivity index (χ1n) is 12.4. The Bertz CT molecular complexity index is 1370. The Balaban J connectivity index is 2.23. The minimum Gasteiger partial charge on any atom is -0.492 e. The van der Waals surface area contributed by atoms with Crippen molar-refractivity contribution in [1.29, 1.82) is 0 Å². The second-order valence-electron chi connectivity index (χ2n) is 8.63. The number of carbonyl (C=O) groups is 4. The van der Waals surface area contributed by atoms with Crippen LogP contribution >= 0.6 is 11.5 Å². The molecule has 3 aromatic rings. The number of rotatable bonds is 12. The number of esters is 1. The molecule has 40 heavy (non-hydrogen) atoms. The Morgan fingerprint density at radius 1 is 1.02 bits per heavy atom. The topological polar surface area (TPSA) is 170 Å². The third-order valence-corrected chi connectivity index (χ3v) is 6.59. The van der Waals surface area contributed by atoms with Crippen LogP contribution in [0.3, 0.4) is 0 Å². The van der Waals surface area contributed by atoms with Crippen LogP contribution < -0.4 is 31.3 Å². The molecule has 0 saturated carbocycles. The number of primary amides is 1. The van der Waals surface area contributed by atoms with Crippen LogP contribution in [-0.2, 0) is 14.3 Å². The smallest absolute Gasteiger partial charge is 0.325 e. The van der Waals surface area contributed by atoms with Crippen LogP contribution in [0, 0.1) is 0 Å². The van der Waals surface area contributed by atoms with E-state index in [0.717, 1.165) is 5.69 Å². The summed E-state index contributed by atoms with van der Waals surface area (Å²) in [4.78, 5) is 54.9. The van der Waals surface area contributed by atoms with Crippen LogP contribution in [0.15, 0.2) is 48.5 Å². The SMILES string of the molecule is CCOC(=O)CNC(=O)[C@H](c1ccc(N(C)C)cc1)N(C(=O)c1snc(C(N)=O)c1N)c1ccccc1OCC. The van der Waals surface area contributed by atoms with Crippen molar-refractivity contribution in [2.24, 2.45) is 5.73 Å². The Morgan fingerprint density at radius 3 is 2.27 bits per heavy atom. The minimum absolute atomic E-state index is 0.0896. The van der Waals surface area contributed by atoms with Gasteiger partial charge in [-0.25, -0.2) is 0 Å². The molecule has 0 fully saturated rings. The molecule has 0 unspecified atom stereocenters. The molecule has 2 aromatic carbocycles. The molecule has 1 heterocycles. The highest BCUT2D eigenvalue weighted by atomic mass is 32.1. The first-order valence-corrected chi connectivity index (χ1v) is 13.2. The molecular weight excluding hydrogens is 536 g/mol. The van der Waals surface area contributed by atoms with E-state index in [2.05, 4.69) is 9.69 Å². The van der Waals surface area contributed by atoms with Gasteiger partial charge >= 0.3 is 5.97 Å². The third-order valence-electron chi connectivity index (χ3n) is 5.74. The normalized spacial score (nSPS) is 11.3. The van der Waals surface area contributed by atoms with Crippen LogP contribution in [0.1, 0.15) is 45.6 Å². The van der Waals surface area contributed by atoms with E-state index in [1.54, 1.807) is 62.4 Å². The third kappa shape index (κ3) is 6.67. The quantitative estimate of drug-likeness (QED) is 0.278. The second-order valence-corrected chi connectivity index (χ2v) is 9.40. The maximum atomic E-state index is 14.2. The van der Waals surface area contributed by atoms with Gasteiger partial charge in [0, 0.05) is 19.8 Å². The summed E-state index contributed by atoms with van der Waals surface area (Å²) < 4.78 is 14.7. The number of nitrogens with two attached hydrogens (primary N) is 2. The summed E-state index contributed by atoms with van der Waals surface area (Å²) in [6.07, 6.45) is 0. The van der Waals surface area contributed by atoms with E-state index in [1.807, 2.05) is 19.0 Å². The fraction of sp³-hybridized carbons (Fsp3) is 0.296. The summed E-state index contributed by atoms with van der Waals surface area (Å²) in [7, 11) is 3.74. The maximum Gasteiger partial charge on any atom is 0.325 e. The first kappa shape index (κ1) is 29.9. The van der Waals surface area contributed by atoms with Gasteiger partial charge in [-0.3, -0.25) is 24.1 Å². The van der Waals surface area contributed by atoms with Crippen molar-refractivity contribution in [2.75, 3.05) is 49.4 Å². The number of amides is 3. The van der Waals surface area contributed by atoms with Crippen molar-refractivity contribution >= 4 is 52.3 Å². The lowest BCUT2D eigenvalue weighted by Gasteiger charge is -2.32. The van der Waals surface area contributed by atoms with Gasteiger partial charge in [0.1, 0.15) is 23.2 Å². The lowest BCUT2D eigenvalue weighted by atomic mass is 10.0. The molecular formula is C27H32N6O6S. The molecule has 0 aliphatic rings. The molecule has 0 aliphatic carbocycles. The van der Waals surface area contributed by atoms with E-state index in [4.69, 9.17) is 20.9 Å². The predicted molar refractivity (Wildman–Crippen MR) is 153 cm³/mol. The van der Waals surface area contributed by atoms with Crippen molar-refractivity contribution in [3.63, 3.8) is 0 Å². The Morgan fingerprint density at radius 2 is 1.70 bits per heavy atom. The standard InChI is InChI=1S/C27H32N6O6S/c1-5-38-19-10-8-7-9-18(19)33(27(37)24-21(28)22(25(29)35)31-40-24)23(26(36)30-15-20(34)39-6-2)16-11-13-17(14-12-16)32(3)4/h7-14,23H,5-6,15,28H2,1-4H3,(H2,29,35)(H,30,36)/t23-/m0/s1. The first-order chi connectivity index (χ1) is 19.1. The van der Waals surface area contributed by atoms with Crippen LogP contribution in [0.25, 0.3) is 0 Å². The molecule has 0 saturated heterocycles. The van der Waals surface area contributed by atoms with Gasteiger partial charge < -0.3 is 31.2 Å². The summed E-state index contributed by atoms with van der Waals surface area (Å²) in [5.41, 5.74) is 12.6. The van der Waals surface area contributed by atoms with Gasteiger partial charge in [-0.05, 0) is 55.2 Å². The molecule has 0 spiro atoms. The zero-order valence-corrected chi connectivity index (χ0v) is 23.5. The zero-order chi connectivity index (χ0) is 29.4. The molecule has 13 heteroatoms. The molecule has 12 nitrogen and oxygen atoms in total. The predicted octanol–water partition coefficient (Wildman–Crippen LogP) is 2.36. The summed E-state index contributed by atoms with van der Waals surface area (Å²) in [6.45, 7) is 3.45. The molecule has 3 amide bonds. The fourth-order valence-electron chi connectivity index (χ4n) is 3.88. The van der Waals surface area contributed by atoms with Crippen molar-refractivity contribution < 1.29 is 28.7 Å². The number of hydrogen-bond donors (Lipinski definition) is 3. The summed E-state index contributed by atoms with van der Waals surface area (Å²) in [5.74, 6) is -2.59. The Kier molecular flexibility index (Phi) is 10.0. The molecule has 0 radical (unpaired) electrons. The van der Waals surface area contributed by atoms with E-state index >= 15 is 0 Å². The van der Waals surface area contributed by atoms with Gasteiger partial charge in [0.25, 0.3) is 11.8 Å². The minimum atomic E-state index is -1.29. The number of carbonyl (C=O) groups excluding carboxylic acids is 4. The highest BCUT2D eigenvalue weighted by molar-refractivity contribution is 7.09. The lowest BCUT2D eigenvalue weighted by Crippen LogP contribution is -2.45. The van der Waals surface area contributed by atoms with Gasteiger partial charge in [-0.15, -0.1) is 0 Å². The number of ether oxygens (including phenoxy) is 2. The highest BCUT2D eigenvalue weighted by Gasteiger charge is 2.37. The van der Waals surface area contributed by atoms with Gasteiger partial charge in [-0.1, -0.05) is 24.3 Å². The molecule has 5 N–H and O–H groups in total. The summed E-state index contributed by atoms with van der Waals surface area (Å²) >= 11 is 0.690. The largest absolute Gasteiger partial charge is 0.492 e. The zero-order valence-electron chi connectivity index (χ0n) is 22.7. The van der Waals surface area contributed by atoms with Gasteiger partial charge in [0.05, 0.1) is 24.6 Å². The summed E-state index contributed by atoms with van der Waals surface area (Å²) in [5, 5.41) is 2.57. The van der Waals surface area contributed by atoms with Crippen molar-refractivity contribution in [1.82, 2.24) is 9.69 Å². The summed E-state index contributed by atoms with van der Waals surface area (Å²) in [6, 6.07) is 12.4. The average molecular weight is 569 g/mol. The number of aromatic nitrogens is 1. The van der Waals surface area contributed by atoms with Crippen LogP contribution in [-0.4, -0.2) is 61.9 Å². The van der Waals surface area contributed by atoms with Crippen molar-refractivity contribution in [2.45, 2.75) is 19.9 Å². The molecule has 212 valence electrons. The lowest BCUT2D eigenvalue weighted by molar-refractivity contribution is -0.143. The van der Waals surface area contributed by atoms with E-state index in [-0.39, 0.29) is 35.2 Å². The maximum absolute atomic E-state index is 14.2. The molecule has 1 aromatic heterocycles. The van der Waals surface area contributed by atoms with Crippen LogP contribution in [0.2, 0.25) is 0 Å². The number of hydrogen-bond acceptors (Lipinski definition) is 10. The monoisotopic (exact) mass is 568 g/mol.